The molecule has 2 heterocycles. The first-order chi connectivity index (χ1) is 11.5. The van der Waals surface area contributed by atoms with E-state index >= 15 is 0 Å². The lowest BCUT2D eigenvalue weighted by atomic mass is 9.84. The summed E-state index contributed by atoms with van der Waals surface area (Å²) in [6.07, 6.45) is 3.22. The Labute approximate surface area is 142 Å². The second-order valence-corrected chi connectivity index (χ2v) is 6.87. The molecule has 2 saturated heterocycles. The second kappa shape index (κ2) is 7.07. The van der Waals surface area contributed by atoms with E-state index in [2.05, 4.69) is 5.32 Å². The molecule has 2 aliphatic rings. The number of halogens is 1. The quantitative estimate of drug-likeness (QED) is 0.921. The topological polar surface area (TPSA) is 50.8 Å². The first-order valence-electron chi connectivity index (χ1n) is 8.49. The minimum Gasteiger partial charge on any atom is -0.381 e. The van der Waals surface area contributed by atoms with Crippen molar-refractivity contribution in [3.05, 3.63) is 29.6 Å². The molecule has 3 rings (SSSR count). The molecule has 24 heavy (non-hydrogen) atoms. The van der Waals surface area contributed by atoms with Crippen molar-refractivity contribution in [3.63, 3.8) is 0 Å². The molecule has 0 aliphatic carbocycles. The van der Waals surface area contributed by atoms with Crippen LogP contribution >= 0.6 is 0 Å². The maximum Gasteiger partial charge on any atom is 0.254 e. The van der Waals surface area contributed by atoms with Gasteiger partial charge in [-0.05, 0) is 43.9 Å². The number of hydrogen-bond donors (Lipinski definition) is 1. The van der Waals surface area contributed by atoms with Crippen LogP contribution in [-0.4, -0.2) is 51.5 Å². The summed E-state index contributed by atoms with van der Waals surface area (Å²) in [5, 5.41) is 2.98. The van der Waals surface area contributed by atoms with Crippen molar-refractivity contribution < 1.29 is 18.7 Å². The molecule has 1 unspecified atom stereocenters. The van der Waals surface area contributed by atoms with Gasteiger partial charge in [-0.2, -0.15) is 0 Å². The third-order valence-electron chi connectivity index (χ3n) is 4.95. The normalized spacial score (nSPS) is 23.0. The molecule has 1 amide bonds. The highest BCUT2D eigenvalue weighted by molar-refractivity contribution is 5.95. The highest BCUT2D eigenvalue weighted by atomic mass is 19.1. The maximum absolute atomic E-state index is 14.2. The van der Waals surface area contributed by atoms with Crippen molar-refractivity contribution in [1.29, 1.82) is 0 Å². The van der Waals surface area contributed by atoms with Crippen molar-refractivity contribution >= 4 is 11.6 Å². The molecule has 1 aromatic carbocycles. The van der Waals surface area contributed by atoms with Crippen LogP contribution in [0.15, 0.2) is 18.2 Å². The summed E-state index contributed by atoms with van der Waals surface area (Å²) < 4.78 is 25.6. The molecular weight excluding hydrogens is 311 g/mol. The lowest BCUT2D eigenvalue weighted by Crippen LogP contribution is -2.51. The van der Waals surface area contributed by atoms with Gasteiger partial charge >= 0.3 is 0 Å². The van der Waals surface area contributed by atoms with Crippen LogP contribution < -0.4 is 10.2 Å². The van der Waals surface area contributed by atoms with Crippen LogP contribution in [0.4, 0.5) is 10.1 Å². The van der Waals surface area contributed by atoms with E-state index in [1.807, 2.05) is 14.1 Å². The lowest BCUT2D eigenvalue weighted by Gasteiger charge is -2.43. The number of ether oxygens (including phenoxy) is 2. The van der Waals surface area contributed by atoms with Gasteiger partial charge < -0.3 is 19.7 Å². The third kappa shape index (κ3) is 3.70. The van der Waals surface area contributed by atoms with E-state index in [0.717, 1.165) is 31.4 Å². The smallest absolute Gasteiger partial charge is 0.254 e. The maximum atomic E-state index is 14.2. The first kappa shape index (κ1) is 17.2. The summed E-state index contributed by atoms with van der Waals surface area (Å²) >= 11 is 0. The Morgan fingerprint density at radius 3 is 2.71 bits per heavy atom. The van der Waals surface area contributed by atoms with Crippen LogP contribution in [0.2, 0.25) is 0 Å². The van der Waals surface area contributed by atoms with Crippen molar-refractivity contribution in [3.8, 4) is 0 Å². The molecule has 132 valence electrons. The van der Waals surface area contributed by atoms with Crippen LogP contribution in [-0.2, 0) is 9.47 Å². The van der Waals surface area contributed by atoms with Gasteiger partial charge in [0.1, 0.15) is 5.82 Å². The molecular formula is C18H25FN2O3. The number of benzene rings is 1. The molecule has 1 N–H and O–H groups in total. The zero-order chi connectivity index (χ0) is 17.2. The van der Waals surface area contributed by atoms with Crippen molar-refractivity contribution in [2.45, 2.75) is 37.3 Å². The number of carbonyl (C=O) groups is 1. The van der Waals surface area contributed by atoms with Crippen molar-refractivity contribution in [1.82, 2.24) is 5.32 Å². The van der Waals surface area contributed by atoms with E-state index in [1.165, 1.54) is 6.07 Å². The van der Waals surface area contributed by atoms with Gasteiger partial charge in [-0.25, -0.2) is 4.39 Å². The van der Waals surface area contributed by atoms with Crippen LogP contribution in [0, 0.1) is 5.82 Å². The molecule has 1 aromatic rings. The van der Waals surface area contributed by atoms with E-state index in [4.69, 9.17) is 9.47 Å². The second-order valence-electron chi connectivity index (χ2n) is 6.87. The van der Waals surface area contributed by atoms with Gasteiger partial charge in [-0.15, -0.1) is 0 Å². The Morgan fingerprint density at radius 1 is 1.29 bits per heavy atom. The van der Waals surface area contributed by atoms with Gasteiger partial charge in [-0.3, -0.25) is 4.79 Å². The summed E-state index contributed by atoms with van der Waals surface area (Å²) in [7, 11) is 3.67. The predicted octanol–water partition coefficient (Wildman–Crippen LogP) is 2.35. The molecule has 2 fully saturated rings. The van der Waals surface area contributed by atoms with Gasteiger partial charge in [0.05, 0.1) is 11.2 Å². The minimum atomic E-state index is -0.494. The summed E-state index contributed by atoms with van der Waals surface area (Å²) in [5.74, 6) is -0.849. The van der Waals surface area contributed by atoms with Gasteiger partial charge in [0, 0.05) is 45.6 Å². The van der Waals surface area contributed by atoms with Crippen LogP contribution in [0.1, 0.15) is 36.0 Å². The molecule has 1 spiro atoms. The molecule has 6 heteroatoms. The average Bonchev–Trinajstić information content (AvgIpc) is 2.55. The van der Waals surface area contributed by atoms with Crippen LogP contribution in [0.25, 0.3) is 0 Å². The van der Waals surface area contributed by atoms with Crippen molar-refractivity contribution in [2.24, 2.45) is 0 Å². The number of amides is 1. The SMILES string of the molecule is CN(C)c1ccc(C(=O)NC2CCOC3(CCOCC3)C2)c(F)c1. The number of anilines is 1. The van der Waals surface area contributed by atoms with Crippen molar-refractivity contribution in [2.75, 3.05) is 38.8 Å². The van der Waals surface area contributed by atoms with E-state index < -0.39 is 5.82 Å². The molecule has 5 nitrogen and oxygen atoms in total. The fraction of sp³-hybridized carbons (Fsp3) is 0.611. The minimum absolute atomic E-state index is 0.0114. The standard InChI is InChI=1S/C18H25FN2O3/c1-21(2)14-3-4-15(16(19)11-14)17(22)20-13-5-8-24-18(12-13)6-9-23-10-7-18/h3-4,11,13H,5-10,12H2,1-2H3,(H,20,22). The molecule has 0 radical (unpaired) electrons. The third-order valence-corrected chi connectivity index (χ3v) is 4.95. The Balaban J connectivity index is 1.66. The number of carbonyl (C=O) groups excluding carboxylic acids is 1. The first-order valence-corrected chi connectivity index (χ1v) is 8.49. The zero-order valence-electron chi connectivity index (χ0n) is 14.3. The Hall–Kier alpha value is -1.66. The van der Waals surface area contributed by atoms with E-state index in [-0.39, 0.29) is 23.1 Å². The van der Waals surface area contributed by atoms with Gasteiger partial charge in [0.2, 0.25) is 0 Å². The predicted molar refractivity (Wildman–Crippen MR) is 90.0 cm³/mol. The number of rotatable bonds is 3. The average molecular weight is 336 g/mol. The lowest BCUT2D eigenvalue weighted by molar-refractivity contribution is -0.139. The van der Waals surface area contributed by atoms with Crippen LogP contribution in [0.5, 0.6) is 0 Å². The molecule has 2 aliphatic heterocycles. The Bertz CT molecular complexity index is 594. The van der Waals surface area contributed by atoms with Gasteiger partial charge in [0.25, 0.3) is 5.91 Å². The molecule has 1 atom stereocenters. The van der Waals surface area contributed by atoms with Gasteiger partial charge in [0.15, 0.2) is 0 Å². The molecule has 0 bridgehead atoms. The fourth-order valence-corrected chi connectivity index (χ4v) is 3.47. The monoisotopic (exact) mass is 336 g/mol. The zero-order valence-corrected chi connectivity index (χ0v) is 14.3. The van der Waals surface area contributed by atoms with Crippen LogP contribution in [0.3, 0.4) is 0 Å². The molecule has 0 saturated carbocycles. The summed E-state index contributed by atoms with van der Waals surface area (Å²) in [6.45, 7) is 2.01. The number of hydrogen-bond acceptors (Lipinski definition) is 4. The summed E-state index contributed by atoms with van der Waals surface area (Å²) in [5.41, 5.74) is 0.631. The summed E-state index contributed by atoms with van der Waals surface area (Å²) in [4.78, 5) is 14.3. The Morgan fingerprint density at radius 2 is 2.04 bits per heavy atom. The van der Waals surface area contributed by atoms with E-state index in [9.17, 15) is 9.18 Å². The number of nitrogens with zero attached hydrogens (tertiary/aromatic N) is 1. The van der Waals surface area contributed by atoms with Gasteiger partial charge in [-0.1, -0.05) is 0 Å². The van der Waals surface area contributed by atoms with E-state index in [0.29, 0.717) is 19.8 Å². The largest absolute Gasteiger partial charge is 0.381 e. The van der Waals surface area contributed by atoms with E-state index in [1.54, 1.807) is 17.0 Å². The summed E-state index contributed by atoms with van der Waals surface area (Å²) in [6, 6.07) is 4.70. The highest BCUT2D eigenvalue weighted by Gasteiger charge is 2.39. The number of nitrogens with one attached hydrogen (secondary N) is 1. The highest BCUT2D eigenvalue weighted by Crippen LogP contribution is 2.34. The molecule has 0 aromatic heterocycles. The Kier molecular flexibility index (Phi) is 5.06. The fourth-order valence-electron chi connectivity index (χ4n) is 3.47.